The lowest BCUT2D eigenvalue weighted by atomic mass is 9.87. The Hall–Kier alpha value is -2.55. The number of nitrogens with zero attached hydrogens (tertiary/aromatic N) is 2. The minimum Gasteiger partial charge on any atom is -0.462 e. The first kappa shape index (κ1) is 16.8. The fraction of sp³-hybridized carbons (Fsp3) is 0.471. The Morgan fingerprint density at radius 3 is 2.74 bits per heavy atom. The Bertz CT molecular complexity index is 722. The zero-order valence-electron chi connectivity index (χ0n) is 13.9. The van der Waals surface area contributed by atoms with Gasteiger partial charge in [-0.1, -0.05) is 0 Å². The summed E-state index contributed by atoms with van der Waals surface area (Å²) in [4.78, 5) is 24.3. The van der Waals surface area contributed by atoms with E-state index in [2.05, 4.69) is 11.4 Å². The van der Waals surface area contributed by atoms with Crippen LogP contribution in [0.1, 0.15) is 41.2 Å². The molecule has 0 aromatic carbocycles. The number of aromatic nitrogens is 1. The summed E-state index contributed by atoms with van der Waals surface area (Å²) in [5, 5.41) is 12.1. The number of allylic oxidation sites excluding steroid dienone is 1. The van der Waals surface area contributed by atoms with Gasteiger partial charge in [-0.2, -0.15) is 5.26 Å². The van der Waals surface area contributed by atoms with E-state index in [-0.39, 0.29) is 24.9 Å². The number of rotatable bonds is 5. The monoisotopic (exact) mass is 315 g/mol. The van der Waals surface area contributed by atoms with E-state index >= 15 is 0 Å². The van der Waals surface area contributed by atoms with Crippen LogP contribution >= 0.6 is 0 Å². The molecule has 0 bridgehead atoms. The Labute approximate surface area is 135 Å². The number of nitrogens with one attached hydrogen (secondary N) is 1. The number of hydrogen-bond acceptors (Lipinski definition) is 5. The van der Waals surface area contributed by atoms with Crippen LogP contribution in [0, 0.1) is 24.2 Å². The van der Waals surface area contributed by atoms with Crippen LogP contribution in [0.15, 0.2) is 5.70 Å². The molecule has 0 saturated carbocycles. The number of Topliss-reactive ketones (excluding diaryl/α,β-unsaturated/α-hetero) is 1. The second-order valence-corrected chi connectivity index (χ2v) is 5.50. The lowest BCUT2D eigenvalue weighted by molar-refractivity contribution is -0.119. The first-order valence-electron chi connectivity index (χ1n) is 7.62. The molecule has 0 fully saturated rings. The molecular weight excluding hydrogens is 294 g/mol. The van der Waals surface area contributed by atoms with E-state index in [1.165, 1.54) is 0 Å². The third kappa shape index (κ3) is 2.87. The summed E-state index contributed by atoms with van der Waals surface area (Å²) in [5.74, 6) is -0.628. The highest BCUT2D eigenvalue weighted by atomic mass is 16.5. The third-order valence-corrected chi connectivity index (χ3v) is 4.23. The highest BCUT2D eigenvalue weighted by Crippen LogP contribution is 2.34. The molecule has 2 rings (SSSR count). The number of ether oxygens (including phenoxy) is 1. The van der Waals surface area contributed by atoms with E-state index in [1.54, 1.807) is 32.4 Å². The van der Waals surface area contributed by atoms with Gasteiger partial charge in [-0.15, -0.1) is 0 Å². The van der Waals surface area contributed by atoms with Gasteiger partial charge in [0.05, 0.1) is 24.2 Å². The number of ketones is 1. The molecule has 1 aromatic heterocycles. The van der Waals surface area contributed by atoms with Gasteiger partial charge >= 0.3 is 5.97 Å². The average molecular weight is 315 g/mol. The number of carbonyl (C=O) groups is 2. The van der Waals surface area contributed by atoms with Gasteiger partial charge in [0, 0.05) is 36.1 Å². The Balaban J connectivity index is 2.67. The third-order valence-electron chi connectivity index (χ3n) is 4.23. The maximum absolute atomic E-state index is 12.3. The fourth-order valence-corrected chi connectivity index (χ4v) is 3.11. The Morgan fingerprint density at radius 2 is 2.22 bits per heavy atom. The molecule has 0 radical (unpaired) electrons. The predicted molar refractivity (Wildman–Crippen MR) is 85.7 cm³/mol. The van der Waals surface area contributed by atoms with Crippen molar-refractivity contribution in [2.24, 2.45) is 5.92 Å². The fourth-order valence-electron chi connectivity index (χ4n) is 3.11. The largest absolute Gasteiger partial charge is 0.462 e. The maximum atomic E-state index is 12.3. The molecule has 1 aliphatic rings. The Kier molecular flexibility index (Phi) is 4.89. The molecule has 0 aliphatic heterocycles. The number of hydrogen-bond donors (Lipinski definition) is 1. The van der Waals surface area contributed by atoms with Crippen molar-refractivity contribution in [2.45, 2.75) is 33.7 Å². The molecule has 1 unspecified atom stereocenters. The van der Waals surface area contributed by atoms with Crippen molar-refractivity contribution in [3.63, 3.8) is 0 Å². The SMILES string of the molecule is CCOC(=O)c1c2c(n(CC#N)c1C)CC(C(C)=O)C(NC)=C2. The molecule has 6 heteroatoms. The van der Waals surface area contributed by atoms with E-state index in [9.17, 15) is 9.59 Å². The van der Waals surface area contributed by atoms with Gasteiger partial charge in [0.2, 0.25) is 0 Å². The first-order chi connectivity index (χ1) is 11.0. The minimum absolute atomic E-state index is 0.0521. The summed E-state index contributed by atoms with van der Waals surface area (Å²) in [5.41, 5.74) is 3.55. The molecule has 1 heterocycles. The molecular formula is C17H21N3O3. The van der Waals surface area contributed by atoms with Crippen LogP contribution in [-0.2, 0) is 22.5 Å². The van der Waals surface area contributed by atoms with Crippen LogP contribution in [0.5, 0.6) is 0 Å². The molecule has 1 aliphatic carbocycles. The van der Waals surface area contributed by atoms with E-state index in [0.29, 0.717) is 17.7 Å². The van der Waals surface area contributed by atoms with E-state index in [1.807, 2.05) is 6.08 Å². The van der Waals surface area contributed by atoms with Crippen molar-refractivity contribution >= 4 is 17.8 Å². The van der Waals surface area contributed by atoms with Gasteiger partial charge in [0.25, 0.3) is 0 Å². The molecule has 1 aromatic rings. The molecule has 0 spiro atoms. The van der Waals surface area contributed by atoms with Crippen molar-refractivity contribution in [2.75, 3.05) is 13.7 Å². The lowest BCUT2D eigenvalue weighted by Crippen LogP contribution is -2.28. The second-order valence-electron chi connectivity index (χ2n) is 5.50. The predicted octanol–water partition coefficient (Wildman–Crippen LogP) is 1.82. The number of nitriles is 1. The van der Waals surface area contributed by atoms with Gasteiger partial charge < -0.3 is 14.6 Å². The zero-order valence-corrected chi connectivity index (χ0v) is 13.9. The van der Waals surface area contributed by atoms with Gasteiger partial charge in [-0.25, -0.2) is 4.79 Å². The summed E-state index contributed by atoms with van der Waals surface area (Å²) >= 11 is 0. The van der Waals surface area contributed by atoms with Crippen LogP contribution < -0.4 is 5.32 Å². The smallest absolute Gasteiger partial charge is 0.340 e. The van der Waals surface area contributed by atoms with Crippen LogP contribution in [0.4, 0.5) is 0 Å². The number of esters is 1. The van der Waals surface area contributed by atoms with Gasteiger partial charge in [0.15, 0.2) is 0 Å². The molecule has 122 valence electrons. The van der Waals surface area contributed by atoms with Crippen molar-refractivity contribution in [3.05, 3.63) is 28.2 Å². The first-order valence-corrected chi connectivity index (χ1v) is 7.62. The molecule has 0 saturated heterocycles. The van der Waals surface area contributed by atoms with E-state index < -0.39 is 5.97 Å². The van der Waals surface area contributed by atoms with E-state index in [0.717, 1.165) is 17.0 Å². The summed E-state index contributed by atoms with van der Waals surface area (Å²) in [6.45, 7) is 5.54. The topological polar surface area (TPSA) is 84.1 Å². The van der Waals surface area contributed by atoms with Crippen LogP contribution in [0.25, 0.3) is 6.08 Å². The molecule has 6 nitrogen and oxygen atoms in total. The van der Waals surface area contributed by atoms with Crippen molar-refractivity contribution in [3.8, 4) is 6.07 Å². The molecule has 0 amide bonds. The standard InChI is InChI=1S/C17H21N3O3/c1-5-23-17(22)16-10(2)20(7-6-18)15-9-12(11(3)21)14(19-4)8-13(15)16/h8,12,19H,5,7,9H2,1-4H3. The summed E-state index contributed by atoms with van der Waals surface area (Å²) in [6, 6.07) is 2.12. The van der Waals surface area contributed by atoms with Gasteiger partial charge in [-0.3, -0.25) is 4.79 Å². The maximum Gasteiger partial charge on any atom is 0.340 e. The normalized spacial score (nSPS) is 16.1. The number of fused-ring (bicyclic) bond motifs is 1. The second kappa shape index (κ2) is 6.69. The highest BCUT2D eigenvalue weighted by molar-refractivity contribution is 5.97. The van der Waals surface area contributed by atoms with Crippen molar-refractivity contribution < 1.29 is 14.3 Å². The summed E-state index contributed by atoms with van der Waals surface area (Å²) < 4.78 is 6.96. The van der Waals surface area contributed by atoms with Gasteiger partial charge in [-0.05, 0) is 26.8 Å². The van der Waals surface area contributed by atoms with Crippen LogP contribution in [-0.4, -0.2) is 30.0 Å². The van der Waals surface area contributed by atoms with Crippen molar-refractivity contribution in [1.82, 2.24) is 9.88 Å². The Morgan fingerprint density at radius 1 is 1.52 bits per heavy atom. The average Bonchev–Trinajstić information content (AvgIpc) is 2.78. The van der Waals surface area contributed by atoms with E-state index in [4.69, 9.17) is 10.00 Å². The highest BCUT2D eigenvalue weighted by Gasteiger charge is 2.32. The summed E-state index contributed by atoms with van der Waals surface area (Å²) in [6.07, 6.45) is 2.30. The minimum atomic E-state index is -0.397. The van der Waals surface area contributed by atoms with Crippen LogP contribution in [0.3, 0.4) is 0 Å². The lowest BCUT2D eigenvalue weighted by Gasteiger charge is -2.23. The van der Waals surface area contributed by atoms with Gasteiger partial charge in [0.1, 0.15) is 12.3 Å². The quantitative estimate of drug-likeness (QED) is 0.838. The molecule has 1 atom stereocenters. The van der Waals surface area contributed by atoms with Crippen molar-refractivity contribution in [1.29, 1.82) is 5.26 Å². The molecule has 23 heavy (non-hydrogen) atoms. The number of carbonyl (C=O) groups excluding carboxylic acids is 2. The summed E-state index contributed by atoms with van der Waals surface area (Å²) in [7, 11) is 1.76. The van der Waals surface area contributed by atoms with Crippen LogP contribution in [0.2, 0.25) is 0 Å². The molecule has 1 N–H and O–H groups in total. The zero-order chi connectivity index (χ0) is 17.1.